The summed E-state index contributed by atoms with van der Waals surface area (Å²) in [5.41, 5.74) is 0. The molecule has 0 aliphatic heterocycles. The van der Waals surface area contributed by atoms with Gasteiger partial charge < -0.3 is 10.1 Å². The Bertz CT molecular complexity index is 127. The zero-order valence-electron chi connectivity index (χ0n) is 8.47. The van der Waals surface area contributed by atoms with Crippen LogP contribution in [0.3, 0.4) is 0 Å². The van der Waals surface area contributed by atoms with Crippen molar-refractivity contribution in [2.45, 2.75) is 32.2 Å². The molecular weight excluding hydrogens is 150 g/mol. The SMILES string of the molecule is CNC(COC)C1CCCC1C. The van der Waals surface area contributed by atoms with Gasteiger partial charge in [0, 0.05) is 13.2 Å². The van der Waals surface area contributed by atoms with Gasteiger partial charge in [0.1, 0.15) is 0 Å². The Kier molecular flexibility index (Phi) is 4.02. The number of hydrogen-bond acceptors (Lipinski definition) is 2. The molecule has 2 heteroatoms. The lowest BCUT2D eigenvalue weighted by Crippen LogP contribution is -2.38. The van der Waals surface area contributed by atoms with Crippen molar-refractivity contribution in [3.05, 3.63) is 0 Å². The Morgan fingerprint density at radius 3 is 2.67 bits per heavy atom. The van der Waals surface area contributed by atoms with Crippen molar-refractivity contribution in [3.63, 3.8) is 0 Å². The standard InChI is InChI=1S/C10H21NO/c1-8-5-4-6-9(8)10(11-2)7-12-3/h8-11H,4-7H2,1-3H3. The summed E-state index contributed by atoms with van der Waals surface area (Å²) in [6.45, 7) is 3.21. The van der Waals surface area contributed by atoms with Crippen molar-refractivity contribution in [1.82, 2.24) is 5.32 Å². The highest BCUT2D eigenvalue weighted by Gasteiger charge is 2.29. The predicted octanol–water partition coefficient (Wildman–Crippen LogP) is 1.66. The normalized spacial score (nSPS) is 32.2. The van der Waals surface area contributed by atoms with Crippen molar-refractivity contribution in [2.24, 2.45) is 11.8 Å². The van der Waals surface area contributed by atoms with Crippen LogP contribution in [0.5, 0.6) is 0 Å². The van der Waals surface area contributed by atoms with E-state index < -0.39 is 0 Å². The Morgan fingerprint density at radius 1 is 1.50 bits per heavy atom. The third-order valence-corrected chi connectivity index (χ3v) is 3.16. The van der Waals surface area contributed by atoms with Gasteiger partial charge in [0.05, 0.1) is 6.61 Å². The lowest BCUT2D eigenvalue weighted by molar-refractivity contribution is 0.133. The fourth-order valence-corrected chi connectivity index (χ4v) is 2.37. The maximum Gasteiger partial charge on any atom is 0.0618 e. The van der Waals surface area contributed by atoms with E-state index in [1.165, 1.54) is 19.3 Å². The Morgan fingerprint density at radius 2 is 2.25 bits per heavy atom. The molecule has 0 bridgehead atoms. The zero-order valence-corrected chi connectivity index (χ0v) is 8.47. The summed E-state index contributed by atoms with van der Waals surface area (Å²) in [4.78, 5) is 0. The number of likely N-dealkylation sites (N-methyl/N-ethyl adjacent to an activating group) is 1. The predicted molar refractivity (Wildman–Crippen MR) is 51.2 cm³/mol. The molecule has 0 amide bonds. The summed E-state index contributed by atoms with van der Waals surface area (Å²) in [7, 11) is 3.82. The molecule has 1 aliphatic carbocycles. The minimum atomic E-state index is 0.562. The molecule has 0 heterocycles. The maximum atomic E-state index is 5.19. The Labute approximate surface area is 75.7 Å². The van der Waals surface area contributed by atoms with Crippen molar-refractivity contribution in [2.75, 3.05) is 20.8 Å². The Hall–Kier alpha value is -0.0800. The molecule has 3 unspecified atom stereocenters. The zero-order chi connectivity index (χ0) is 8.97. The topological polar surface area (TPSA) is 21.3 Å². The van der Waals surface area contributed by atoms with Crippen molar-refractivity contribution >= 4 is 0 Å². The minimum Gasteiger partial charge on any atom is -0.383 e. The highest BCUT2D eigenvalue weighted by Crippen LogP contribution is 2.33. The molecule has 1 saturated carbocycles. The van der Waals surface area contributed by atoms with Gasteiger partial charge in [-0.1, -0.05) is 19.8 Å². The van der Waals surface area contributed by atoms with Gasteiger partial charge in [0.25, 0.3) is 0 Å². The fourth-order valence-electron chi connectivity index (χ4n) is 2.37. The van der Waals surface area contributed by atoms with Crippen LogP contribution in [0.15, 0.2) is 0 Å². The van der Waals surface area contributed by atoms with E-state index in [1.54, 1.807) is 7.11 Å². The molecular formula is C10H21NO. The van der Waals surface area contributed by atoms with Crippen LogP contribution in [-0.2, 0) is 4.74 Å². The first-order valence-electron chi connectivity index (χ1n) is 4.95. The van der Waals surface area contributed by atoms with Gasteiger partial charge in [-0.25, -0.2) is 0 Å². The van der Waals surface area contributed by atoms with Gasteiger partial charge in [-0.15, -0.1) is 0 Å². The lowest BCUT2D eigenvalue weighted by Gasteiger charge is -2.25. The van der Waals surface area contributed by atoms with Crippen LogP contribution in [-0.4, -0.2) is 26.8 Å². The summed E-state index contributed by atoms with van der Waals surface area (Å²) >= 11 is 0. The Balaban J connectivity index is 2.41. The first kappa shape index (κ1) is 10.0. The van der Waals surface area contributed by atoms with Crippen LogP contribution in [0.4, 0.5) is 0 Å². The molecule has 1 N–H and O–H groups in total. The molecule has 0 aromatic heterocycles. The molecule has 3 atom stereocenters. The summed E-state index contributed by atoms with van der Waals surface area (Å²) in [6, 6.07) is 0.562. The number of nitrogens with one attached hydrogen (secondary N) is 1. The third-order valence-electron chi connectivity index (χ3n) is 3.16. The average Bonchev–Trinajstić information content (AvgIpc) is 2.47. The molecule has 1 aliphatic rings. The van der Waals surface area contributed by atoms with Crippen molar-refractivity contribution in [3.8, 4) is 0 Å². The molecule has 0 aromatic carbocycles. The van der Waals surface area contributed by atoms with Crippen molar-refractivity contribution < 1.29 is 4.74 Å². The van der Waals surface area contributed by atoms with E-state index in [-0.39, 0.29) is 0 Å². The van der Waals surface area contributed by atoms with Gasteiger partial charge in [0.2, 0.25) is 0 Å². The van der Waals surface area contributed by atoms with Crippen LogP contribution >= 0.6 is 0 Å². The van der Waals surface area contributed by atoms with Crippen LogP contribution in [0.1, 0.15) is 26.2 Å². The van der Waals surface area contributed by atoms with E-state index >= 15 is 0 Å². The maximum absolute atomic E-state index is 5.19. The molecule has 72 valence electrons. The molecule has 0 aromatic rings. The monoisotopic (exact) mass is 171 g/mol. The third kappa shape index (κ3) is 2.20. The molecule has 12 heavy (non-hydrogen) atoms. The molecule has 0 saturated heterocycles. The minimum absolute atomic E-state index is 0.562. The highest BCUT2D eigenvalue weighted by molar-refractivity contribution is 4.83. The largest absolute Gasteiger partial charge is 0.383 e. The van der Waals surface area contributed by atoms with E-state index in [1.807, 2.05) is 7.05 Å². The second-order valence-corrected chi connectivity index (χ2v) is 3.92. The summed E-state index contributed by atoms with van der Waals surface area (Å²) in [5.74, 6) is 1.70. The van der Waals surface area contributed by atoms with Crippen LogP contribution < -0.4 is 5.32 Å². The number of methoxy groups -OCH3 is 1. The van der Waals surface area contributed by atoms with Crippen molar-refractivity contribution in [1.29, 1.82) is 0 Å². The molecule has 1 rings (SSSR count). The smallest absolute Gasteiger partial charge is 0.0618 e. The first-order valence-corrected chi connectivity index (χ1v) is 4.95. The van der Waals surface area contributed by atoms with E-state index in [0.717, 1.165) is 18.4 Å². The number of hydrogen-bond donors (Lipinski definition) is 1. The highest BCUT2D eigenvalue weighted by atomic mass is 16.5. The fraction of sp³-hybridized carbons (Fsp3) is 1.00. The summed E-state index contributed by atoms with van der Waals surface area (Å²) < 4.78 is 5.19. The van der Waals surface area contributed by atoms with Gasteiger partial charge in [-0.05, 0) is 25.3 Å². The number of ether oxygens (including phenoxy) is 1. The van der Waals surface area contributed by atoms with Crippen LogP contribution in [0.2, 0.25) is 0 Å². The molecule has 0 radical (unpaired) electrons. The molecule has 2 nitrogen and oxygen atoms in total. The van der Waals surface area contributed by atoms with Gasteiger partial charge in [-0.3, -0.25) is 0 Å². The second kappa shape index (κ2) is 4.83. The summed E-state index contributed by atoms with van der Waals surface area (Å²) in [5, 5.41) is 3.35. The van der Waals surface area contributed by atoms with E-state index in [4.69, 9.17) is 4.74 Å². The lowest BCUT2D eigenvalue weighted by atomic mass is 9.91. The number of rotatable bonds is 4. The quantitative estimate of drug-likeness (QED) is 0.694. The van der Waals surface area contributed by atoms with E-state index in [0.29, 0.717) is 6.04 Å². The van der Waals surface area contributed by atoms with Crippen LogP contribution in [0.25, 0.3) is 0 Å². The van der Waals surface area contributed by atoms with Gasteiger partial charge in [-0.2, -0.15) is 0 Å². The molecule has 1 fully saturated rings. The first-order chi connectivity index (χ1) is 5.79. The van der Waals surface area contributed by atoms with Gasteiger partial charge >= 0.3 is 0 Å². The van der Waals surface area contributed by atoms with Crippen LogP contribution in [0, 0.1) is 11.8 Å². The molecule has 0 spiro atoms. The summed E-state index contributed by atoms with van der Waals surface area (Å²) in [6.07, 6.45) is 4.16. The van der Waals surface area contributed by atoms with E-state index in [9.17, 15) is 0 Å². The second-order valence-electron chi connectivity index (χ2n) is 3.92. The van der Waals surface area contributed by atoms with Gasteiger partial charge in [0.15, 0.2) is 0 Å². The van der Waals surface area contributed by atoms with E-state index in [2.05, 4.69) is 12.2 Å². The average molecular weight is 171 g/mol.